The minimum Gasteiger partial charge on any atom is -0.306 e. The number of amides is 1. The van der Waals surface area contributed by atoms with Crippen molar-refractivity contribution in [2.75, 3.05) is 6.54 Å². The fourth-order valence-corrected chi connectivity index (χ4v) is 2.31. The molecule has 1 amide bonds. The number of hydrogen-bond donors (Lipinski definition) is 2. The number of hydrazone groups is 1. The highest BCUT2D eigenvalue weighted by molar-refractivity contribution is 5.83. The van der Waals surface area contributed by atoms with Crippen molar-refractivity contribution < 1.29 is 9.18 Å². The van der Waals surface area contributed by atoms with Crippen LogP contribution in [0.15, 0.2) is 29.4 Å². The predicted octanol–water partition coefficient (Wildman–Crippen LogP) is 2.20. The summed E-state index contributed by atoms with van der Waals surface area (Å²) in [6.07, 6.45) is 7.56. The Hall–Kier alpha value is -1.75. The maximum absolute atomic E-state index is 12.7. The molecular formula is C15H20FN3O. The van der Waals surface area contributed by atoms with Gasteiger partial charge in [-0.25, -0.2) is 9.82 Å². The summed E-state index contributed by atoms with van der Waals surface area (Å²) in [6, 6.07) is 6.37. The summed E-state index contributed by atoms with van der Waals surface area (Å²) in [4.78, 5) is 11.6. The lowest BCUT2D eigenvalue weighted by Gasteiger charge is -2.22. The van der Waals surface area contributed by atoms with Crippen molar-refractivity contribution in [3.05, 3.63) is 35.6 Å². The van der Waals surface area contributed by atoms with E-state index in [0.29, 0.717) is 6.04 Å². The van der Waals surface area contributed by atoms with Crippen molar-refractivity contribution in [2.45, 2.75) is 38.1 Å². The summed E-state index contributed by atoms with van der Waals surface area (Å²) in [5, 5.41) is 7.09. The van der Waals surface area contributed by atoms with Gasteiger partial charge in [0.05, 0.1) is 12.8 Å². The molecule has 1 aromatic rings. The van der Waals surface area contributed by atoms with Crippen molar-refractivity contribution in [2.24, 2.45) is 5.10 Å². The Morgan fingerprint density at radius 2 is 1.95 bits per heavy atom. The highest BCUT2D eigenvalue weighted by atomic mass is 19.1. The largest absolute Gasteiger partial charge is 0.306 e. The van der Waals surface area contributed by atoms with Gasteiger partial charge in [0.1, 0.15) is 5.82 Å². The number of rotatable bonds is 5. The summed E-state index contributed by atoms with van der Waals surface area (Å²) in [5.41, 5.74) is 3.20. The Bertz CT molecular complexity index is 453. The van der Waals surface area contributed by atoms with Gasteiger partial charge in [-0.05, 0) is 30.5 Å². The van der Waals surface area contributed by atoms with Gasteiger partial charge in [-0.1, -0.05) is 31.4 Å². The molecule has 2 N–H and O–H groups in total. The normalized spacial score (nSPS) is 16.4. The van der Waals surface area contributed by atoms with E-state index in [1.54, 1.807) is 12.1 Å². The van der Waals surface area contributed by atoms with E-state index in [4.69, 9.17) is 0 Å². The van der Waals surface area contributed by atoms with Crippen LogP contribution in [0.5, 0.6) is 0 Å². The second-order valence-corrected chi connectivity index (χ2v) is 5.06. The smallest absolute Gasteiger partial charge is 0.254 e. The van der Waals surface area contributed by atoms with E-state index in [1.807, 2.05) is 0 Å². The monoisotopic (exact) mass is 277 g/mol. The van der Waals surface area contributed by atoms with Gasteiger partial charge in [-0.2, -0.15) is 5.10 Å². The molecule has 0 radical (unpaired) electrons. The molecule has 1 aromatic carbocycles. The molecule has 1 aliphatic rings. The van der Waals surface area contributed by atoms with Crippen molar-refractivity contribution in [3.63, 3.8) is 0 Å². The minimum absolute atomic E-state index is 0.158. The van der Waals surface area contributed by atoms with Crippen LogP contribution in [0.25, 0.3) is 0 Å². The number of nitrogens with one attached hydrogen (secondary N) is 2. The van der Waals surface area contributed by atoms with Crippen LogP contribution in [0.1, 0.15) is 37.7 Å². The molecule has 0 atom stereocenters. The third-order valence-electron chi connectivity index (χ3n) is 3.43. The van der Waals surface area contributed by atoms with E-state index in [1.165, 1.54) is 37.6 Å². The van der Waals surface area contributed by atoms with Crippen molar-refractivity contribution in [1.82, 2.24) is 10.7 Å². The molecule has 1 fully saturated rings. The van der Waals surface area contributed by atoms with Crippen LogP contribution in [-0.2, 0) is 4.79 Å². The van der Waals surface area contributed by atoms with E-state index in [2.05, 4.69) is 15.8 Å². The van der Waals surface area contributed by atoms with E-state index < -0.39 is 0 Å². The van der Waals surface area contributed by atoms with Crippen molar-refractivity contribution in [1.29, 1.82) is 0 Å². The first kappa shape index (κ1) is 14.7. The van der Waals surface area contributed by atoms with Crippen molar-refractivity contribution >= 4 is 12.1 Å². The molecule has 0 heterocycles. The van der Waals surface area contributed by atoms with Crippen LogP contribution in [0, 0.1) is 5.82 Å². The third kappa shape index (κ3) is 5.09. The SMILES string of the molecule is O=C(CNC1CCCCC1)N/N=C\c1ccc(F)cc1. The maximum atomic E-state index is 12.7. The minimum atomic E-state index is -0.289. The maximum Gasteiger partial charge on any atom is 0.254 e. The molecule has 0 unspecified atom stereocenters. The number of carbonyl (C=O) groups excluding carboxylic acids is 1. The first-order valence-corrected chi connectivity index (χ1v) is 7.05. The highest BCUT2D eigenvalue weighted by Crippen LogP contribution is 2.16. The highest BCUT2D eigenvalue weighted by Gasteiger charge is 2.13. The zero-order valence-corrected chi connectivity index (χ0v) is 11.4. The van der Waals surface area contributed by atoms with E-state index in [9.17, 15) is 9.18 Å². The van der Waals surface area contributed by atoms with Crippen LogP contribution < -0.4 is 10.7 Å². The molecule has 0 spiro atoms. The van der Waals surface area contributed by atoms with Crippen molar-refractivity contribution in [3.8, 4) is 0 Å². The molecule has 1 saturated carbocycles. The molecule has 2 rings (SSSR count). The Kier molecular flexibility index (Phi) is 5.68. The number of benzene rings is 1. The molecule has 1 aliphatic carbocycles. The molecule has 0 aromatic heterocycles. The standard InChI is InChI=1S/C15H20FN3O/c16-13-8-6-12(7-9-13)10-18-19-15(20)11-17-14-4-2-1-3-5-14/h6-10,14,17H,1-5,11H2,(H,19,20)/b18-10-. The summed E-state index contributed by atoms with van der Waals surface area (Å²) < 4.78 is 12.7. The number of hydrogen-bond acceptors (Lipinski definition) is 3. The van der Waals surface area contributed by atoms with Crippen LogP contribution in [-0.4, -0.2) is 24.7 Å². The van der Waals surface area contributed by atoms with Crippen LogP contribution >= 0.6 is 0 Å². The lowest BCUT2D eigenvalue weighted by atomic mass is 9.95. The van der Waals surface area contributed by atoms with Crippen LogP contribution in [0.3, 0.4) is 0 Å². The molecular weight excluding hydrogens is 257 g/mol. The Labute approximate surface area is 118 Å². The van der Waals surface area contributed by atoms with Gasteiger partial charge in [0.25, 0.3) is 5.91 Å². The number of carbonyl (C=O) groups is 1. The average molecular weight is 277 g/mol. The lowest BCUT2D eigenvalue weighted by Crippen LogP contribution is -2.38. The first-order chi connectivity index (χ1) is 9.74. The van der Waals surface area contributed by atoms with Gasteiger partial charge in [0.15, 0.2) is 0 Å². The Morgan fingerprint density at radius 3 is 2.65 bits per heavy atom. The lowest BCUT2D eigenvalue weighted by molar-refractivity contribution is -0.120. The Balaban J connectivity index is 1.67. The van der Waals surface area contributed by atoms with Gasteiger partial charge in [0, 0.05) is 6.04 Å². The average Bonchev–Trinajstić information content (AvgIpc) is 2.48. The second-order valence-electron chi connectivity index (χ2n) is 5.06. The summed E-state index contributed by atoms with van der Waals surface area (Å²) >= 11 is 0. The van der Waals surface area contributed by atoms with Crippen LogP contribution in [0.2, 0.25) is 0 Å². The van der Waals surface area contributed by atoms with E-state index in [-0.39, 0.29) is 18.3 Å². The molecule has 0 bridgehead atoms. The molecule has 108 valence electrons. The molecule has 5 heteroatoms. The fraction of sp³-hybridized carbons (Fsp3) is 0.467. The molecule has 4 nitrogen and oxygen atoms in total. The van der Waals surface area contributed by atoms with Gasteiger partial charge >= 0.3 is 0 Å². The quantitative estimate of drug-likeness (QED) is 0.640. The van der Waals surface area contributed by atoms with Gasteiger partial charge < -0.3 is 5.32 Å². The molecule has 0 aliphatic heterocycles. The van der Waals surface area contributed by atoms with Gasteiger partial charge in [-0.15, -0.1) is 0 Å². The third-order valence-corrected chi connectivity index (χ3v) is 3.43. The first-order valence-electron chi connectivity index (χ1n) is 7.05. The van der Waals surface area contributed by atoms with Crippen LogP contribution in [0.4, 0.5) is 4.39 Å². The second kappa shape index (κ2) is 7.75. The van der Waals surface area contributed by atoms with E-state index in [0.717, 1.165) is 18.4 Å². The summed E-state index contributed by atoms with van der Waals surface area (Å²) in [6.45, 7) is 0.283. The Morgan fingerprint density at radius 1 is 1.25 bits per heavy atom. The molecule has 20 heavy (non-hydrogen) atoms. The molecule has 0 saturated heterocycles. The fourth-order valence-electron chi connectivity index (χ4n) is 2.31. The summed E-state index contributed by atoms with van der Waals surface area (Å²) in [5.74, 6) is -0.447. The topological polar surface area (TPSA) is 53.5 Å². The summed E-state index contributed by atoms with van der Waals surface area (Å²) in [7, 11) is 0. The van der Waals surface area contributed by atoms with Gasteiger partial charge in [-0.3, -0.25) is 4.79 Å². The number of halogens is 1. The van der Waals surface area contributed by atoms with Gasteiger partial charge in [0.2, 0.25) is 0 Å². The van der Waals surface area contributed by atoms with E-state index >= 15 is 0 Å². The number of nitrogens with zero attached hydrogens (tertiary/aromatic N) is 1. The zero-order valence-electron chi connectivity index (χ0n) is 11.4. The predicted molar refractivity (Wildman–Crippen MR) is 77.0 cm³/mol. The zero-order chi connectivity index (χ0) is 14.2.